The van der Waals surface area contributed by atoms with Crippen LogP contribution in [0.5, 0.6) is 0 Å². The third kappa shape index (κ3) is 6.00. The molecule has 1 aliphatic heterocycles. The van der Waals surface area contributed by atoms with Gasteiger partial charge in [-0.15, -0.1) is 0 Å². The Bertz CT molecular complexity index is 1190. The molecule has 0 N–H and O–H groups in total. The monoisotopic (exact) mass is 527 g/mol. The molecule has 11 heteroatoms. The molecule has 0 aromatic heterocycles. The van der Waals surface area contributed by atoms with Gasteiger partial charge in [0.1, 0.15) is 5.82 Å². The van der Waals surface area contributed by atoms with Crippen LogP contribution in [-0.4, -0.2) is 55.8 Å². The molecule has 2 aliphatic rings. The zero-order valence-electron chi connectivity index (χ0n) is 20.0. The number of hydrogen-bond acceptors (Lipinski definition) is 4. The first-order chi connectivity index (χ1) is 16.9. The molecule has 2 aromatic carbocycles. The number of halogens is 4. The van der Waals surface area contributed by atoms with Crippen molar-refractivity contribution in [1.82, 2.24) is 9.21 Å². The average molecular weight is 528 g/mol. The summed E-state index contributed by atoms with van der Waals surface area (Å²) >= 11 is 0. The Morgan fingerprint density at radius 1 is 1.03 bits per heavy atom. The number of carbonyl (C=O) groups is 1. The molecule has 1 amide bonds. The second-order valence-electron chi connectivity index (χ2n) is 9.35. The standard InChI is InChI=1S/C25H29F4N3O3S/c1-18(33)30-11-13-31(14-12-30)23-10-7-20(24(26)15-23)16-32(22-3-2-4-22)36(34,35)17-19-5-8-21(9-6-19)25(27,28)29/h5-10,15,22H,2-4,11-14,16-17H2,1H3. The summed E-state index contributed by atoms with van der Waals surface area (Å²) in [4.78, 5) is 15.2. The first-order valence-corrected chi connectivity index (χ1v) is 13.5. The summed E-state index contributed by atoms with van der Waals surface area (Å²) in [7, 11) is -3.91. The van der Waals surface area contributed by atoms with E-state index in [0.29, 0.717) is 44.7 Å². The minimum absolute atomic E-state index is 0.00442. The highest BCUT2D eigenvalue weighted by atomic mass is 32.2. The van der Waals surface area contributed by atoms with Gasteiger partial charge in [0.15, 0.2) is 0 Å². The molecule has 1 heterocycles. The van der Waals surface area contributed by atoms with Crippen LogP contribution in [0.2, 0.25) is 0 Å². The largest absolute Gasteiger partial charge is 0.416 e. The summed E-state index contributed by atoms with van der Waals surface area (Å²) in [5.41, 5.74) is 0.309. The number of alkyl halides is 3. The summed E-state index contributed by atoms with van der Waals surface area (Å²) in [6.07, 6.45) is -2.32. The van der Waals surface area contributed by atoms with E-state index in [1.807, 2.05) is 4.90 Å². The fourth-order valence-electron chi connectivity index (χ4n) is 4.52. The topological polar surface area (TPSA) is 60.9 Å². The van der Waals surface area contributed by atoms with Crippen molar-refractivity contribution in [2.45, 2.75) is 50.7 Å². The molecule has 2 aromatic rings. The van der Waals surface area contributed by atoms with Gasteiger partial charge in [0.25, 0.3) is 0 Å². The molecule has 196 valence electrons. The molecule has 0 bridgehead atoms. The van der Waals surface area contributed by atoms with E-state index in [1.54, 1.807) is 17.0 Å². The van der Waals surface area contributed by atoms with E-state index in [2.05, 4.69) is 0 Å². The zero-order valence-corrected chi connectivity index (χ0v) is 20.8. The Morgan fingerprint density at radius 2 is 1.67 bits per heavy atom. The molecule has 1 saturated carbocycles. The van der Waals surface area contributed by atoms with Gasteiger partial charge in [0, 0.05) is 56.9 Å². The summed E-state index contributed by atoms with van der Waals surface area (Å²) in [6.45, 7) is 3.64. The van der Waals surface area contributed by atoms with Crippen molar-refractivity contribution < 1.29 is 30.8 Å². The second-order valence-corrected chi connectivity index (χ2v) is 11.3. The number of piperazine rings is 1. The Morgan fingerprint density at radius 3 is 2.17 bits per heavy atom. The molecule has 1 saturated heterocycles. The van der Waals surface area contributed by atoms with Crippen LogP contribution in [0.3, 0.4) is 0 Å². The minimum Gasteiger partial charge on any atom is -0.368 e. The third-order valence-corrected chi connectivity index (χ3v) is 8.76. The number of anilines is 1. The molecule has 2 fully saturated rings. The van der Waals surface area contributed by atoms with Crippen LogP contribution in [0.25, 0.3) is 0 Å². The maximum Gasteiger partial charge on any atom is 0.416 e. The lowest BCUT2D eigenvalue weighted by atomic mass is 9.93. The van der Waals surface area contributed by atoms with Crippen molar-refractivity contribution in [3.63, 3.8) is 0 Å². The van der Waals surface area contributed by atoms with Crippen molar-refractivity contribution in [3.05, 3.63) is 65.0 Å². The van der Waals surface area contributed by atoms with Crippen molar-refractivity contribution in [2.24, 2.45) is 0 Å². The normalized spacial score (nSPS) is 17.4. The van der Waals surface area contributed by atoms with E-state index in [9.17, 15) is 26.4 Å². The second kappa shape index (κ2) is 10.4. The molecule has 0 atom stereocenters. The van der Waals surface area contributed by atoms with Crippen molar-refractivity contribution in [3.8, 4) is 0 Å². The van der Waals surface area contributed by atoms with Crippen molar-refractivity contribution in [2.75, 3.05) is 31.1 Å². The molecular formula is C25H29F4N3O3S. The average Bonchev–Trinajstić information content (AvgIpc) is 2.78. The van der Waals surface area contributed by atoms with E-state index in [-0.39, 0.29) is 29.6 Å². The van der Waals surface area contributed by atoms with E-state index in [0.717, 1.165) is 18.6 Å². The van der Waals surface area contributed by atoms with Gasteiger partial charge in [-0.1, -0.05) is 24.6 Å². The van der Waals surface area contributed by atoms with E-state index in [4.69, 9.17) is 0 Å². The van der Waals surface area contributed by atoms with Gasteiger partial charge in [-0.3, -0.25) is 4.79 Å². The van der Waals surface area contributed by atoms with Crippen LogP contribution in [0.1, 0.15) is 42.9 Å². The predicted molar refractivity (Wildman–Crippen MR) is 128 cm³/mol. The van der Waals surface area contributed by atoms with Crippen LogP contribution in [0.4, 0.5) is 23.2 Å². The highest BCUT2D eigenvalue weighted by Gasteiger charge is 2.35. The third-order valence-electron chi connectivity index (χ3n) is 6.92. The fourth-order valence-corrected chi connectivity index (χ4v) is 6.30. The van der Waals surface area contributed by atoms with Gasteiger partial charge in [-0.2, -0.15) is 17.5 Å². The van der Waals surface area contributed by atoms with Crippen LogP contribution in [-0.2, 0) is 33.3 Å². The fraction of sp³-hybridized carbons (Fsp3) is 0.480. The van der Waals surface area contributed by atoms with Gasteiger partial charge in [0.05, 0.1) is 11.3 Å². The quantitative estimate of drug-likeness (QED) is 0.501. The number of carbonyl (C=O) groups excluding carboxylic acids is 1. The molecular weight excluding hydrogens is 498 g/mol. The maximum atomic E-state index is 15.1. The molecule has 0 radical (unpaired) electrons. The minimum atomic E-state index is -4.50. The highest BCUT2D eigenvalue weighted by Crippen LogP contribution is 2.33. The Balaban J connectivity index is 1.48. The predicted octanol–water partition coefficient (Wildman–Crippen LogP) is 4.40. The van der Waals surface area contributed by atoms with E-state index in [1.165, 1.54) is 29.4 Å². The van der Waals surface area contributed by atoms with Gasteiger partial charge in [0.2, 0.25) is 15.9 Å². The van der Waals surface area contributed by atoms with Crippen LogP contribution < -0.4 is 4.90 Å². The first-order valence-electron chi connectivity index (χ1n) is 11.9. The van der Waals surface area contributed by atoms with Crippen LogP contribution >= 0.6 is 0 Å². The molecule has 6 nitrogen and oxygen atoms in total. The lowest BCUT2D eigenvalue weighted by Gasteiger charge is -2.37. The summed E-state index contributed by atoms with van der Waals surface area (Å²) < 4.78 is 81.5. The number of hydrogen-bond donors (Lipinski definition) is 0. The van der Waals surface area contributed by atoms with E-state index < -0.39 is 33.3 Å². The molecule has 1 aliphatic carbocycles. The van der Waals surface area contributed by atoms with Gasteiger partial charge >= 0.3 is 6.18 Å². The first kappa shape index (κ1) is 26.4. The maximum absolute atomic E-state index is 15.1. The number of nitrogens with zero attached hydrogens (tertiary/aromatic N) is 3. The molecule has 0 unspecified atom stereocenters. The molecule has 0 spiro atoms. The Kier molecular flexibility index (Phi) is 7.61. The number of benzene rings is 2. The van der Waals surface area contributed by atoms with Gasteiger partial charge in [-0.05, 0) is 42.7 Å². The van der Waals surface area contributed by atoms with Crippen LogP contribution in [0.15, 0.2) is 42.5 Å². The molecule has 36 heavy (non-hydrogen) atoms. The lowest BCUT2D eigenvalue weighted by Crippen LogP contribution is -2.48. The SMILES string of the molecule is CC(=O)N1CCN(c2ccc(CN(C3CCC3)S(=O)(=O)Cc3ccc(C(F)(F)F)cc3)c(F)c2)CC1. The highest BCUT2D eigenvalue weighted by molar-refractivity contribution is 7.88. The van der Waals surface area contributed by atoms with Gasteiger partial charge in [-0.25, -0.2) is 12.8 Å². The summed E-state index contributed by atoms with van der Waals surface area (Å²) in [6, 6.07) is 8.54. The summed E-state index contributed by atoms with van der Waals surface area (Å²) in [5, 5.41) is 0. The van der Waals surface area contributed by atoms with Crippen molar-refractivity contribution in [1.29, 1.82) is 0 Å². The Hall–Kier alpha value is -2.66. The molecule has 4 rings (SSSR count). The van der Waals surface area contributed by atoms with E-state index >= 15 is 4.39 Å². The number of rotatable bonds is 7. The smallest absolute Gasteiger partial charge is 0.368 e. The van der Waals surface area contributed by atoms with Gasteiger partial charge < -0.3 is 9.80 Å². The van der Waals surface area contributed by atoms with Crippen LogP contribution in [0, 0.1) is 5.82 Å². The Labute approximate surface area is 208 Å². The van der Waals surface area contributed by atoms with Crippen molar-refractivity contribution >= 4 is 21.6 Å². The number of amides is 1. The zero-order chi connectivity index (χ0) is 26.1. The number of sulfonamides is 1. The summed E-state index contributed by atoms with van der Waals surface area (Å²) in [5.74, 6) is -0.970. The lowest BCUT2D eigenvalue weighted by molar-refractivity contribution is -0.137.